The molecule has 1 saturated carbocycles. The van der Waals surface area contributed by atoms with E-state index in [0.717, 1.165) is 31.4 Å². The molecule has 106 valence electrons. The number of nitrogens with one attached hydrogen (secondary N) is 1. The summed E-state index contributed by atoms with van der Waals surface area (Å²) in [5, 5.41) is 3.17. The summed E-state index contributed by atoms with van der Waals surface area (Å²) in [7, 11) is 1.64. The molecule has 2 unspecified atom stereocenters. The smallest absolute Gasteiger partial charge is 0.397 e. The molecule has 6 heteroatoms. The summed E-state index contributed by atoms with van der Waals surface area (Å²) in [6.45, 7) is 0. The lowest BCUT2D eigenvalue weighted by molar-refractivity contribution is -0.137. The van der Waals surface area contributed by atoms with Crippen LogP contribution in [0.3, 0.4) is 0 Å². The molecule has 1 aromatic carbocycles. The first-order chi connectivity index (χ1) is 8.91. The van der Waals surface area contributed by atoms with Crippen LogP contribution in [0.2, 0.25) is 0 Å². The van der Waals surface area contributed by atoms with E-state index in [-0.39, 0.29) is 17.8 Å². The average molecular weight is 274 g/mol. The van der Waals surface area contributed by atoms with Crippen LogP contribution < -0.4 is 11.1 Å². The van der Waals surface area contributed by atoms with Gasteiger partial charge in [-0.1, -0.05) is 0 Å². The van der Waals surface area contributed by atoms with Crippen LogP contribution in [0.15, 0.2) is 18.2 Å². The highest BCUT2D eigenvalue weighted by Gasteiger charge is 2.31. The molecule has 0 spiro atoms. The maximum absolute atomic E-state index is 12.5. The Hall–Kier alpha value is -1.43. The van der Waals surface area contributed by atoms with Crippen LogP contribution in [0.25, 0.3) is 0 Å². The first-order valence-corrected chi connectivity index (χ1v) is 6.18. The fourth-order valence-corrected chi connectivity index (χ4v) is 2.44. The van der Waals surface area contributed by atoms with Crippen molar-refractivity contribution < 1.29 is 17.9 Å². The van der Waals surface area contributed by atoms with Crippen molar-refractivity contribution in [1.82, 2.24) is 0 Å². The first-order valence-electron chi connectivity index (χ1n) is 6.18. The topological polar surface area (TPSA) is 47.3 Å². The van der Waals surface area contributed by atoms with Gasteiger partial charge in [-0.25, -0.2) is 0 Å². The van der Waals surface area contributed by atoms with E-state index in [1.807, 2.05) is 0 Å². The molecular formula is C13H17F3N2O. The monoisotopic (exact) mass is 274 g/mol. The van der Waals surface area contributed by atoms with Gasteiger partial charge in [0.1, 0.15) is 0 Å². The summed E-state index contributed by atoms with van der Waals surface area (Å²) in [5.41, 5.74) is 5.59. The number of nitrogen functional groups attached to an aromatic ring is 1. The predicted molar refractivity (Wildman–Crippen MR) is 67.9 cm³/mol. The van der Waals surface area contributed by atoms with Gasteiger partial charge >= 0.3 is 6.18 Å². The number of halogens is 3. The second kappa shape index (κ2) is 5.28. The summed E-state index contributed by atoms with van der Waals surface area (Å²) < 4.78 is 42.9. The van der Waals surface area contributed by atoms with E-state index in [0.29, 0.717) is 5.69 Å². The van der Waals surface area contributed by atoms with E-state index < -0.39 is 11.7 Å². The van der Waals surface area contributed by atoms with E-state index in [1.54, 1.807) is 7.11 Å². The number of nitrogens with two attached hydrogens (primary N) is 1. The van der Waals surface area contributed by atoms with Crippen LogP contribution in [0.4, 0.5) is 24.5 Å². The molecule has 0 saturated heterocycles. The van der Waals surface area contributed by atoms with Crippen LogP contribution in [-0.2, 0) is 10.9 Å². The highest BCUT2D eigenvalue weighted by molar-refractivity contribution is 5.67. The van der Waals surface area contributed by atoms with Crippen molar-refractivity contribution >= 4 is 11.4 Å². The van der Waals surface area contributed by atoms with E-state index in [1.165, 1.54) is 6.07 Å². The van der Waals surface area contributed by atoms with Gasteiger partial charge < -0.3 is 15.8 Å². The molecular weight excluding hydrogens is 257 g/mol. The third-order valence-electron chi connectivity index (χ3n) is 3.48. The lowest BCUT2D eigenvalue weighted by Crippen LogP contribution is -2.30. The summed E-state index contributed by atoms with van der Waals surface area (Å²) >= 11 is 0. The average Bonchev–Trinajstić information content (AvgIpc) is 2.77. The van der Waals surface area contributed by atoms with E-state index in [9.17, 15) is 13.2 Å². The van der Waals surface area contributed by atoms with Crippen LogP contribution in [-0.4, -0.2) is 19.3 Å². The number of methoxy groups -OCH3 is 1. The van der Waals surface area contributed by atoms with E-state index >= 15 is 0 Å². The van der Waals surface area contributed by atoms with Gasteiger partial charge in [0, 0.05) is 7.11 Å². The highest BCUT2D eigenvalue weighted by Crippen LogP contribution is 2.34. The molecule has 1 aliphatic carbocycles. The molecule has 0 radical (unpaired) electrons. The maximum atomic E-state index is 12.5. The Kier molecular flexibility index (Phi) is 3.89. The summed E-state index contributed by atoms with van der Waals surface area (Å²) in [6, 6.07) is 3.47. The zero-order valence-corrected chi connectivity index (χ0v) is 10.6. The van der Waals surface area contributed by atoms with Crippen molar-refractivity contribution in [1.29, 1.82) is 0 Å². The number of ether oxygens (including phenoxy) is 1. The summed E-state index contributed by atoms with van der Waals surface area (Å²) in [4.78, 5) is 0. The standard InChI is InChI=1S/C13H17F3N2O/c1-19-12-4-2-3-11(12)18-10-6-5-8(7-9(10)17)13(14,15)16/h5-7,11-12,18H,2-4,17H2,1H3. The molecule has 2 rings (SSSR count). The molecule has 19 heavy (non-hydrogen) atoms. The minimum Gasteiger partial charge on any atom is -0.397 e. The van der Waals surface area contributed by atoms with Crippen molar-refractivity contribution in [3.05, 3.63) is 23.8 Å². The number of rotatable bonds is 3. The Morgan fingerprint density at radius 1 is 1.32 bits per heavy atom. The molecule has 2 atom stereocenters. The van der Waals surface area contributed by atoms with Crippen molar-refractivity contribution in [3.63, 3.8) is 0 Å². The lowest BCUT2D eigenvalue weighted by atomic mass is 10.1. The first kappa shape index (κ1) is 14.0. The summed E-state index contributed by atoms with van der Waals surface area (Å²) in [5.74, 6) is 0. The van der Waals surface area contributed by atoms with Crippen molar-refractivity contribution in [2.45, 2.75) is 37.6 Å². The van der Waals surface area contributed by atoms with Gasteiger partial charge in [0.15, 0.2) is 0 Å². The lowest BCUT2D eigenvalue weighted by Gasteiger charge is -2.22. The van der Waals surface area contributed by atoms with E-state index in [4.69, 9.17) is 10.5 Å². The number of hydrogen-bond donors (Lipinski definition) is 2. The van der Waals surface area contributed by atoms with Gasteiger partial charge in [-0.3, -0.25) is 0 Å². The van der Waals surface area contributed by atoms with Crippen LogP contribution in [0.1, 0.15) is 24.8 Å². The van der Waals surface area contributed by atoms with Crippen LogP contribution in [0, 0.1) is 0 Å². The molecule has 0 bridgehead atoms. The molecule has 3 nitrogen and oxygen atoms in total. The zero-order chi connectivity index (χ0) is 14.0. The molecule has 0 heterocycles. The van der Waals surface area contributed by atoms with Crippen LogP contribution >= 0.6 is 0 Å². The van der Waals surface area contributed by atoms with Gasteiger partial charge in [0.2, 0.25) is 0 Å². The minimum absolute atomic E-state index is 0.0849. The number of anilines is 2. The maximum Gasteiger partial charge on any atom is 0.416 e. The second-order valence-corrected chi connectivity index (χ2v) is 4.76. The van der Waals surface area contributed by atoms with Gasteiger partial charge in [-0.15, -0.1) is 0 Å². The fraction of sp³-hybridized carbons (Fsp3) is 0.538. The number of benzene rings is 1. The number of alkyl halides is 3. The quantitative estimate of drug-likeness (QED) is 0.832. The van der Waals surface area contributed by atoms with Gasteiger partial charge in [-0.05, 0) is 37.5 Å². The predicted octanol–water partition coefficient (Wildman–Crippen LogP) is 3.27. The number of hydrogen-bond acceptors (Lipinski definition) is 3. The molecule has 0 aliphatic heterocycles. The second-order valence-electron chi connectivity index (χ2n) is 4.76. The van der Waals surface area contributed by atoms with Gasteiger partial charge in [-0.2, -0.15) is 13.2 Å². The Balaban J connectivity index is 2.13. The normalized spacial score (nSPS) is 23.6. The Labute approximate surface area is 109 Å². The zero-order valence-electron chi connectivity index (χ0n) is 10.6. The molecule has 1 aromatic rings. The third-order valence-corrected chi connectivity index (χ3v) is 3.48. The molecule has 1 fully saturated rings. The highest BCUT2D eigenvalue weighted by atomic mass is 19.4. The largest absolute Gasteiger partial charge is 0.416 e. The molecule has 0 aromatic heterocycles. The van der Waals surface area contributed by atoms with Crippen molar-refractivity contribution in [2.75, 3.05) is 18.2 Å². The van der Waals surface area contributed by atoms with Crippen LogP contribution in [0.5, 0.6) is 0 Å². The Morgan fingerprint density at radius 3 is 2.63 bits per heavy atom. The Bertz CT molecular complexity index is 448. The molecule has 0 amide bonds. The molecule has 1 aliphatic rings. The van der Waals surface area contributed by atoms with Gasteiger partial charge in [0.05, 0.1) is 29.1 Å². The van der Waals surface area contributed by atoms with Crippen molar-refractivity contribution in [2.24, 2.45) is 0 Å². The summed E-state index contributed by atoms with van der Waals surface area (Å²) in [6.07, 6.45) is -1.36. The Morgan fingerprint density at radius 2 is 2.05 bits per heavy atom. The molecule has 3 N–H and O–H groups in total. The van der Waals surface area contributed by atoms with Crippen molar-refractivity contribution in [3.8, 4) is 0 Å². The fourth-order valence-electron chi connectivity index (χ4n) is 2.44. The van der Waals surface area contributed by atoms with Gasteiger partial charge in [0.25, 0.3) is 0 Å². The minimum atomic E-state index is -4.37. The SMILES string of the molecule is COC1CCCC1Nc1ccc(C(F)(F)F)cc1N. The third kappa shape index (κ3) is 3.12. The van der Waals surface area contributed by atoms with E-state index in [2.05, 4.69) is 5.32 Å².